The highest BCUT2D eigenvalue weighted by atomic mass is 16.5. The SMILES string of the molecule is CCCN(C)C(C)CC(C)(NC1CC1)C(=O)OC. The number of rotatable bonds is 8. The van der Waals surface area contributed by atoms with Gasteiger partial charge >= 0.3 is 5.97 Å². The number of ether oxygens (including phenoxy) is 1. The van der Waals surface area contributed by atoms with Gasteiger partial charge in [-0.15, -0.1) is 0 Å². The molecule has 2 atom stereocenters. The van der Waals surface area contributed by atoms with E-state index >= 15 is 0 Å². The van der Waals surface area contributed by atoms with Crippen LogP contribution >= 0.6 is 0 Å². The summed E-state index contributed by atoms with van der Waals surface area (Å²) in [7, 11) is 3.58. The number of carbonyl (C=O) groups is 1. The summed E-state index contributed by atoms with van der Waals surface area (Å²) in [5.41, 5.74) is -0.558. The minimum Gasteiger partial charge on any atom is -0.468 e. The summed E-state index contributed by atoms with van der Waals surface area (Å²) in [4.78, 5) is 14.3. The van der Waals surface area contributed by atoms with Crippen LogP contribution in [0.1, 0.15) is 46.5 Å². The van der Waals surface area contributed by atoms with Gasteiger partial charge in [0.1, 0.15) is 5.54 Å². The fraction of sp³-hybridized carbons (Fsp3) is 0.929. The third-order valence-electron chi connectivity index (χ3n) is 3.77. The molecule has 0 aromatic carbocycles. The van der Waals surface area contributed by atoms with E-state index in [1.807, 2.05) is 6.92 Å². The van der Waals surface area contributed by atoms with Crippen molar-refractivity contribution in [3.8, 4) is 0 Å². The number of hydrogen-bond acceptors (Lipinski definition) is 4. The summed E-state index contributed by atoms with van der Waals surface area (Å²) in [5, 5.41) is 3.44. The molecule has 4 heteroatoms. The van der Waals surface area contributed by atoms with Crippen LogP contribution in [0.3, 0.4) is 0 Å². The van der Waals surface area contributed by atoms with Crippen LogP contribution in [0, 0.1) is 0 Å². The van der Waals surface area contributed by atoms with Gasteiger partial charge in [-0.25, -0.2) is 0 Å². The molecule has 0 heterocycles. The average Bonchev–Trinajstić information content (AvgIpc) is 3.11. The first kappa shape index (κ1) is 15.4. The van der Waals surface area contributed by atoms with E-state index < -0.39 is 5.54 Å². The van der Waals surface area contributed by atoms with Crippen molar-refractivity contribution in [1.82, 2.24) is 10.2 Å². The monoisotopic (exact) mass is 256 g/mol. The van der Waals surface area contributed by atoms with Crippen molar-refractivity contribution in [3.63, 3.8) is 0 Å². The molecule has 0 aromatic rings. The zero-order valence-corrected chi connectivity index (χ0v) is 12.5. The fourth-order valence-corrected chi connectivity index (χ4v) is 2.42. The fourth-order valence-electron chi connectivity index (χ4n) is 2.42. The van der Waals surface area contributed by atoms with Crippen LogP contribution in [0.15, 0.2) is 0 Å². The van der Waals surface area contributed by atoms with Crippen LogP contribution in [0.4, 0.5) is 0 Å². The lowest BCUT2D eigenvalue weighted by Gasteiger charge is -2.34. The molecule has 18 heavy (non-hydrogen) atoms. The van der Waals surface area contributed by atoms with Gasteiger partial charge in [-0.2, -0.15) is 0 Å². The van der Waals surface area contributed by atoms with Gasteiger partial charge in [-0.1, -0.05) is 6.92 Å². The minimum atomic E-state index is -0.558. The van der Waals surface area contributed by atoms with Gasteiger partial charge in [-0.3, -0.25) is 10.1 Å². The molecule has 106 valence electrons. The lowest BCUT2D eigenvalue weighted by atomic mass is 9.92. The van der Waals surface area contributed by atoms with E-state index in [2.05, 4.69) is 31.1 Å². The van der Waals surface area contributed by atoms with Crippen molar-refractivity contribution in [3.05, 3.63) is 0 Å². The van der Waals surface area contributed by atoms with Crippen molar-refractivity contribution in [2.75, 3.05) is 20.7 Å². The van der Waals surface area contributed by atoms with Crippen LogP contribution < -0.4 is 5.32 Å². The Kier molecular flexibility index (Phi) is 5.60. The summed E-state index contributed by atoms with van der Waals surface area (Å²) in [5.74, 6) is -0.147. The van der Waals surface area contributed by atoms with E-state index in [4.69, 9.17) is 4.74 Å². The number of esters is 1. The molecule has 0 aliphatic heterocycles. The number of nitrogens with one attached hydrogen (secondary N) is 1. The lowest BCUT2D eigenvalue weighted by Crippen LogP contribution is -2.54. The molecule has 0 amide bonds. The number of methoxy groups -OCH3 is 1. The highest BCUT2D eigenvalue weighted by Gasteiger charge is 2.40. The summed E-state index contributed by atoms with van der Waals surface area (Å²) < 4.78 is 4.96. The number of hydrogen-bond donors (Lipinski definition) is 1. The molecule has 0 bridgehead atoms. The van der Waals surface area contributed by atoms with Crippen molar-refractivity contribution >= 4 is 5.97 Å². The Morgan fingerprint density at radius 3 is 2.61 bits per heavy atom. The Labute approximate surface area is 111 Å². The molecular weight excluding hydrogens is 228 g/mol. The van der Waals surface area contributed by atoms with E-state index in [1.165, 1.54) is 20.0 Å². The normalized spacial score (nSPS) is 20.6. The molecule has 4 nitrogen and oxygen atoms in total. The predicted molar refractivity (Wildman–Crippen MR) is 73.6 cm³/mol. The minimum absolute atomic E-state index is 0.147. The molecule has 1 N–H and O–H groups in total. The molecule has 1 aliphatic carbocycles. The molecule has 2 unspecified atom stereocenters. The molecule has 1 rings (SSSR count). The predicted octanol–water partition coefficient (Wildman–Crippen LogP) is 1.79. The second-order valence-electron chi connectivity index (χ2n) is 5.78. The molecule has 0 radical (unpaired) electrons. The smallest absolute Gasteiger partial charge is 0.325 e. The van der Waals surface area contributed by atoms with Gasteiger partial charge in [0.25, 0.3) is 0 Å². The van der Waals surface area contributed by atoms with Crippen molar-refractivity contribution < 1.29 is 9.53 Å². The summed E-state index contributed by atoms with van der Waals surface area (Å²) >= 11 is 0. The van der Waals surface area contributed by atoms with E-state index in [1.54, 1.807) is 0 Å². The maximum atomic E-state index is 12.0. The van der Waals surface area contributed by atoms with Crippen molar-refractivity contribution in [2.24, 2.45) is 0 Å². The average molecular weight is 256 g/mol. The summed E-state index contributed by atoms with van der Waals surface area (Å²) in [6.07, 6.45) is 4.26. The standard InChI is InChI=1S/C14H28N2O2/c1-6-9-16(4)11(2)10-14(3,13(17)18-5)15-12-7-8-12/h11-12,15H,6-10H2,1-5H3. The van der Waals surface area contributed by atoms with Crippen LogP contribution in [-0.2, 0) is 9.53 Å². The first-order valence-corrected chi connectivity index (χ1v) is 6.99. The van der Waals surface area contributed by atoms with E-state index in [-0.39, 0.29) is 5.97 Å². The molecule has 0 aromatic heterocycles. The Bertz CT molecular complexity index is 279. The highest BCUT2D eigenvalue weighted by molar-refractivity contribution is 5.80. The number of carbonyl (C=O) groups excluding carboxylic acids is 1. The van der Waals surface area contributed by atoms with Crippen LogP contribution in [0.2, 0.25) is 0 Å². The maximum Gasteiger partial charge on any atom is 0.325 e. The second kappa shape index (κ2) is 6.53. The van der Waals surface area contributed by atoms with Crippen molar-refractivity contribution in [2.45, 2.75) is 64.1 Å². The molecule has 1 aliphatic rings. The number of nitrogens with zero attached hydrogens (tertiary/aromatic N) is 1. The molecular formula is C14H28N2O2. The maximum absolute atomic E-state index is 12.0. The van der Waals surface area contributed by atoms with Crippen LogP contribution in [0.25, 0.3) is 0 Å². The molecule has 1 fully saturated rings. The second-order valence-corrected chi connectivity index (χ2v) is 5.78. The molecule has 0 spiro atoms. The molecule has 1 saturated carbocycles. The van der Waals surface area contributed by atoms with Crippen LogP contribution in [-0.4, -0.2) is 49.2 Å². The van der Waals surface area contributed by atoms with Gasteiger partial charge in [0, 0.05) is 12.1 Å². The van der Waals surface area contributed by atoms with E-state index in [0.29, 0.717) is 12.1 Å². The van der Waals surface area contributed by atoms with Gasteiger partial charge in [0.15, 0.2) is 0 Å². The topological polar surface area (TPSA) is 41.6 Å². The first-order chi connectivity index (χ1) is 8.42. The molecule has 0 saturated heterocycles. The van der Waals surface area contributed by atoms with Gasteiger partial charge in [0.2, 0.25) is 0 Å². The quantitative estimate of drug-likeness (QED) is 0.672. The Balaban J connectivity index is 2.61. The zero-order chi connectivity index (χ0) is 13.8. The summed E-state index contributed by atoms with van der Waals surface area (Å²) in [6.45, 7) is 7.37. The van der Waals surface area contributed by atoms with E-state index in [9.17, 15) is 4.79 Å². The Hall–Kier alpha value is -0.610. The summed E-state index contributed by atoms with van der Waals surface area (Å²) in [6, 6.07) is 0.859. The Morgan fingerprint density at radius 2 is 2.17 bits per heavy atom. The van der Waals surface area contributed by atoms with E-state index in [0.717, 1.165) is 19.4 Å². The zero-order valence-electron chi connectivity index (χ0n) is 12.5. The van der Waals surface area contributed by atoms with Gasteiger partial charge in [-0.05, 0) is 53.1 Å². The van der Waals surface area contributed by atoms with Crippen LogP contribution in [0.5, 0.6) is 0 Å². The van der Waals surface area contributed by atoms with Gasteiger partial charge in [0.05, 0.1) is 7.11 Å². The lowest BCUT2D eigenvalue weighted by molar-refractivity contribution is -0.148. The first-order valence-electron chi connectivity index (χ1n) is 6.99. The third kappa shape index (κ3) is 4.25. The Morgan fingerprint density at radius 1 is 1.56 bits per heavy atom. The highest BCUT2D eigenvalue weighted by Crippen LogP contribution is 2.26. The van der Waals surface area contributed by atoms with Gasteiger partial charge < -0.3 is 9.64 Å². The van der Waals surface area contributed by atoms with Crippen molar-refractivity contribution in [1.29, 1.82) is 0 Å². The largest absolute Gasteiger partial charge is 0.468 e. The third-order valence-corrected chi connectivity index (χ3v) is 3.77.